The number of allylic oxidation sites excluding steroid dienone is 1. The Morgan fingerprint density at radius 1 is 1.00 bits per heavy atom. The lowest BCUT2D eigenvalue weighted by atomic mass is 10.1. The highest BCUT2D eigenvalue weighted by Gasteiger charge is 2.26. The number of anilines is 1. The monoisotopic (exact) mass is 347 g/mol. The molecular formula is C21H17NS2. The molecule has 24 heavy (non-hydrogen) atoms. The fourth-order valence-electron chi connectivity index (χ4n) is 3.09. The van der Waals surface area contributed by atoms with E-state index in [-0.39, 0.29) is 0 Å². The highest BCUT2D eigenvalue weighted by atomic mass is 32.2. The second-order valence-electron chi connectivity index (χ2n) is 5.69. The molecular weight excluding hydrogens is 330 g/mol. The molecule has 0 N–H and O–H groups in total. The number of rotatable bonds is 3. The normalized spacial score (nSPS) is 15.0. The minimum atomic E-state index is 0.883. The van der Waals surface area contributed by atoms with Gasteiger partial charge in [-0.05, 0) is 30.0 Å². The Bertz CT molecular complexity index is 944. The SMILES string of the molecule is CCN1/C(=C/C(=S)c2ccccc2)Sc2ccc3ccccc3c21. The standard InChI is InChI=1S/C21H17NS2/c1-2-22-20(14-18(23)16-9-4-3-5-10-16)24-19-13-12-15-8-6-7-11-17(15)21(19)22/h3-14H,2H2,1H3/b20-14-. The Morgan fingerprint density at radius 2 is 1.75 bits per heavy atom. The zero-order valence-corrected chi connectivity index (χ0v) is 15.0. The lowest BCUT2D eigenvalue weighted by Crippen LogP contribution is -2.17. The molecule has 4 rings (SSSR count). The van der Waals surface area contributed by atoms with E-state index in [1.165, 1.54) is 26.4 Å². The fourth-order valence-corrected chi connectivity index (χ4v) is 4.60. The largest absolute Gasteiger partial charge is 0.335 e. The molecule has 3 aromatic carbocycles. The Kier molecular flexibility index (Phi) is 4.13. The molecule has 0 bridgehead atoms. The molecule has 1 nitrogen and oxygen atoms in total. The van der Waals surface area contributed by atoms with Crippen molar-refractivity contribution in [3.05, 3.63) is 83.4 Å². The highest BCUT2D eigenvalue weighted by Crippen LogP contribution is 2.49. The number of hydrogen-bond donors (Lipinski definition) is 0. The molecule has 1 aliphatic heterocycles. The number of thioether (sulfide) groups is 1. The summed E-state index contributed by atoms with van der Waals surface area (Å²) in [6.07, 6.45) is 2.13. The van der Waals surface area contributed by atoms with Crippen LogP contribution in [-0.2, 0) is 0 Å². The van der Waals surface area contributed by atoms with Crippen molar-refractivity contribution >= 4 is 45.3 Å². The molecule has 0 aromatic heterocycles. The molecule has 1 heterocycles. The van der Waals surface area contributed by atoms with E-state index in [1.807, 2.05) is 18.2 Å². The van der Waals surface area contributed by atoms with Gasteiger partial charge < -0.3 is 4.90 Å². The molecule has 0 saturated carbocycles. The second-order valence-corrected chi connectivity index (χ2v) is 7.19. The molecule has 3 heteroatoms. The van der Waals surface area contributed by atoms with Gasteiger partial charge in [-0.15, -0.1) is 0 Å². The van der Waals surface area contributed by atoms with Gasteiger partial charge >= 0.3 is 0 Å². The molecule has 0 fully saturated rings. The maximum absolute atomic E-state index is 5.65. The summed E-state index contributed by atoms with van der Waals surface area (Å²) in [6, 6.07) is 23.2. The quantitative estimate of drug-likeness (QED) is 0.323. The van der Waals surface area contributed by atoms with Gasteiger partial charge in [0.1, 0.15) is 0 Å². The zero-order chi connectivity index (χ0) is 16.5. The molecule has 0 atom stereocenters. The van der Waals surface area contributed by atoms with Crippen LogP contribution in [0.3, 0.4) is 0 Å². The van der Waals surface area contributed by atoms with Crippen molar-refractivity contribution in [3.63, 3.8) is 0 Å². The van der Waals surface area contributed by atoms with Gasteiger partial charge in [0.05, 0.1) is 10.7 Å². The first-order valence-corrected chi connectivity index (χ1v) is 9.28. The number of nitrogens with zero attached hydrogens (tertiary/aromatic N) is 1. The van der Waals surface area contributed by atoms with Crippen molar-refractivity contribution in [3.8, 4) is 0 Å². The lowest BCUT2D eigenvalue weighted by molar-refractivity contribution is 1.01. The Balaban J connectivity index is 1.78. The predicted octanol–water partition coefficient (Wildman–Crippen LogP) is 6.03. The Hall–Kier alpha value is -2.10. The summed E-state index contributed by atoms with van der Waals surface area (Å²) in [6.45, 7) is 3.12. The van der Waals surface area contributed by atoms with Crippen molar-refractivity contribution in [2.45, 2.75) is 11.8 Å². The molecule has 0 spiro atoms. The van der Waals surface area contributed by atoms with Gasteiger partial charge in [0, 0.05) is 21.7 Å². The molecule has 118 valence electrons. The topological polar surface area (TPSA) is 3.24 Å². The van der Waals surface area contributed by atoms with Gasteiger partial charge in [0.15, 0.2) is 0 Å². The van der Waals surface area contributed by atoms with E-state index < -0.39 is 0 Å². The first-order valence-electron chi connectivity index (χ1n) is 8.06. The van der Waals surface area contributed by atoms with Crippen LogP contribution in [0.1, 0.15) is 12.5 Å². The van der Waals surface area contributed by atoms with Crippen molar-refractivity contribution in [1.82, 2.24) is 0 Å². The van der Waals surface area contributed by atoms with E-state index in [2.05, 4.69) is 66.4 Å². The Morgan fingerprint density at radius 3 is 2.54 bits per heavy atom. The van der Waals surface area contributed by atoms with Gasteiger partial charge in [0.2, 0.25) is 0 Å². The first-order chi connectivity index (χ1) is 11.8. The van der Waals surface area contributed by atoms with Gasteiger partial charge in [-0.25, -0.2) is 0 Å². The van der Waals surface area contributed by atoms with Crippen LogP contribution in [0, 0.1) is 0 Å². The molecule has 0 radical (unpaired) electrons. The summed E-state index contributed by atoms with van der Waals surface area (Å²) in [5, 5.41) is 3.79. The van der Waals surface area contributed by atoms with Crippen molar-refractivity contribution in [1.29, 1.82) is 0 Å². The third-order valence-electron chi connectivity index (χ3n) is 4.24. The zero-order valence-electron chi connectivity index (χ0n) is 13.4. The molecule has 0 unspecified atom stereocenters. The third-order valence-corrected chi connectivity index (χ3v) is 5.69. The average Bonchev–Trinajstić information content (AvgIpc) is 3.00. The summed E-state index contributed by atoms with van der Waals surface area (Å²) in [4.78, 5) is 4.56. The first kappa shape index (κ1) is 15.4. The van der Waals surface area contributed by atoms with Crippen molar-refractivity contribution in [2.24, 2.45) is 0 Å². The molecule has 0 aliphatic carbocycles. The second kappa shape index (κ2) is 6.42. The number of hydrogen-bond acceptors (Lipinski definition) is 3. The maximum Gasteiger partial charge on any atom is 0.0816 e. The summed E-state index contributed by atoms with van der Waals surface area (Å²) in [7, 11) is 0. The van der Waals surface area contributed by atoms with Crippen LogP contribution in [0.2, 0.25) is 0 Å². The summed E-state index contributed by atoms with van der Waals surface area (Å²) in [5.74, 6) is 0. The van der Waals surface area contributed by atoms with E-state index in [4.69, 9.17) is 12.2 Å². The van der Waals surface area contributed by atoms with Gasteiger partial charge in [-0.2, -0.15) is 0 Å². The van der Waals surface area contributed by atoms with Crippen LogP contribution in [-0.4, -0.2) is 11.4 Å². The average molecular weight is 348 g/mol. The Labute approximate surface area is 152 Å². The van der Waals surface area contributed by atoms with Gasteiger partial charge in [-0.3, -0.25) is 0 Å². The van der Waals surface area contributed by atoms with E-state index in [9.17, 15) is 0 Å². The number of thiocarbonyl (C=S) groups is 1. The minimum absolute atomic E-state index is 0.883. The van der Waals surface area contributed by atoms with Crippen LogP contribution in [0.25, 0.3) is 10.8 Å². The van der Waals surface area contributed by atoms with Crippen molar-refractivity contribution in [2.75, 3.05) is 11.4 Å². The number of fused-ring (bicyclic) bond motifs is 3. The van der Waals surface area contributed by atoms with Crippen molar-refractivity contribution < 1.29 is 0 Å². The molecule has 0 saturated heterocycles. The smallest absolute Gasteiger partial charge is 0.0816 e. The van der Waals surface area contributed by atoms with E-state index in [0.29, 0.717) is 0 Å². The van der Waals surface area contributed by atoms with E-state index >= 15 is 0 Å². The number of benzene rings is 3. The molecule has 1 aliphatic rings. The summed E-state index contributed by atoms with van der Waals surface area (Å²) < 4.78 is 0. The highest BCUT2D eigenvalue weighted by molar-refractivity contribution is 8.03. The third kappa shape index (κ3) is 2.64. The lowest BCUT2D eigenvalue weighted by Gasteiger charge is -2.20. The molecule has 3 aromatic rings. The van der Waals surface area contributed by atoms with Crippen LogP contribution in [0.4, 0.5) is 5.69 Å². The van der Waals surface area contributed by atoms with E-state index in [1.54, 1.807) is 11.8 Å². The van der Waals surface area contributed by atoms with E-state index in [0.717, 1.165) is 17.0 Å². The minimum Gasteiger partial charge on any atom is -0.335 e. The fraction of sp³-hybridized carbons (Fsp3) is 0.0952. The van der Waals surface area contributed by atoms with Crippen LogP contribution >= 0.6 is 24.0 Å². The van der Waals surface area contributed by atoms with Gasteiger partial charge in [0.25, 0.3) is 0 Å². The summed E-state index contributed by atoms with van der Waals surface area (Å²) in [5.41, 5.74) is 2.40. The van der Waals surface area contributed by atoms with Crippen LogP contribution in [0.5, 0.6) is 0 Å². The van der Waals surface area contributed by atoms with Gasteiger partial charge in [-0.1, -0.05) is 84.6 Å². The molecule has 0 amide bonds. The van der Waals surface area contributed by atoms with Crippen LogP contribution < -0.4 is 4.90 Å². The maximum atomic E-state index is 5.65. The summed E-state index contributed by atoms with van der Waals surface area (Å²) >= 11 is 7.45. The van der Waals surface area contributed by atoms with Crippen LogP contribution in [0.15, 0.2) is 82.7 Å². The predicted molar refractivity (Wildman–Crippen MR) is 109 cm³/mol.